The Morgan fingerprint density at radius 3 is 2.83 bits per heavy atom. The van der Waals surface area contributed by atoms with Gasteiger partial charge in [-0.2, -0.15) is 0 Å². The molecule has 1 unspecified atom stereocenters. The molecule has 4 rings (SSSR count). The van der Waals surface area contributed by atoms with E-state index in [0.29, 0.717) is 19.4 Å². The number of piperidine rings is 1. The van der Waals surface area contributed by atoms with E-state index in [0.717, 1.165) is 38.2 Å². The molecule has 6 heteroatoms. The number of imidazole rings is 1. The monoisotopic (exact) mass is 331 g/mol. The summed E-state index contributed by atoms with van der Waals surface area (Å²) in [6.07, 6.45) is 8.83. The fraction of sp³-hybridized carbons (Fsp3) is 0.722. The van der Waals surface area contributed by atoms with Gasteiger partial charge >= 0.3 is 5.97 Å². The molecule has 0 N–H and O–H groups in total. The Morgan fingerprint density at radius 1 is 1.25 bits per heavy atom. The van der Waals surface area contributed by atoms with Crippen LogP contribution < -0.4 is 0 Å². The Balaban J connectivity index is 1.51. The molecule has 3 heterocycles. The molecule has 6 nitrogen and oxygen atoms in total. The summed E-state index contributed by atoms with van der Waals surface area (Å²) in [5.74, 6) is 1.00. The molecule has 1 amide bonds. The maximum absolute atomic E-state index is 12.9. The summed E-state index contributed by atoms with van der Waals surface area (Å²) in [6.45, 7) is 2.46. The molecular weight excluding hydrogens is 306 g/mol. The molecule has 0 spiro atoms. The zero-order chi connectivity index (χ0) is 16.7. The van der Waals surface area contributed by atoms with Crippen LogP contribution in [0.25, 0.3) is 0 Å². The molecule has 1 aromatic heterocycles. The lowest BCUT2D eigenvalue weighted by Gasteiger charge is -2.35. The van der Waals surface area contributed by atoms with Crippen LogP contribution in [-0.2, 0) is 27.3 Å². The molecule has 1 aliphatic carbocycles. The highest BCUT2D eigenvalue weighted by Gasteiger charge is 2.59. The smallest absolute Gasteiger partial charge is 0.321 e. The molecule has 1 aromatic rings. The molecule has 24 heavy (non-hydrogen) atoms. The average molecular weight is 331 g/mol. The van der Waals surface area contributed by atoms with E-state index in [9.17, 15) is 9.59 Å². The standard InChI is InChI=1S/C18H25N3O3/c1-24-17(23)18(7-8-18)16(22)20-9-4-5-13(12-20)15-19-11-14-6-2-3-10-21(14)15/h11,13H,2-10,12H2,1H3. The summed E-state index contributed by atoms with van der Waals surface area (Å²) in [5.41, 5.74) is 0.441. The maximum atomic E-state index is 12.9. The predicted molar refractivity (Wildman–Crippen MR) is 87.4 cm³/mol. The van der Waals surface area contributed by atoms with Crippen molar-refractivity contribution < 1.29 is 14.3 Å². The van der Waals surface area contributed by atoms with E-state index in [1.165, 1.54) is 25.6 Å². The first-order valence-electron chi connectivity index (χ1n) is 9.08. The Morgan fingerprint density at radius 2 is 2.08 bits per heavy atom. The Labute approximate surface area is 142 Å². The van der Waals surface area contributed by atoms with Crippen LogP contribution in [0.2, 0.25) is 0 Å². The molecule has 1 atom stereocenters. The number of rotatable bonds is 3. The number of hydrogen-bond donors (Lipinski definition) is 0. The minimum Gasteiger partial charge on any atom is -0.468 e. The van der Waals surface area contributed by atoms with Crippen molar-refractivity contribution in [3.05, 3.63) is 17.7 Å². The van der Waals surface area contributed by atoms with Gasteiger partial charge in [-0.25, -0.2) is 4.98 Å². The summed E-state index contributed by atoms with van der Waals surface area (Å²) < 4.78 is 7.22. The van der Waals surface area contributed by atoms with Gasteiger partial charge in [-0.1, -0.05) is 0 Å². The third kappa shape index (κ3) is 2.43. The summed E-state index contributed by atoms with van der Waals surface area (Å²) in [5, 5.41) is 0. The summed E-state index contributed by atoms with van der Waals surface area (Å²) >= 11 is 0. The number of esters is 1. The first-order valence-corrected chi connectivity index (χ1v) is 9.08. The van der Waals surface area contributed by atoms with Gasteiger partial charge in [0.05, 0.1) is 7.11 Å². The molecule has 0 bridgehead atoms. The van der Waals surface area contributed by atoms with Crippen molar-refractivity contribution in [2.75, 3.05) is 20.2 Å². The molecule has 3 aliphatic rings. The van der Waals surface area contributed by atoms with E-state index in [4.69, 9.17) is 4.74 Å². The van der Waals surface area contributed by atoms with Crippen LogP contribution >= 0.6 is 0 Å². The number of likely N-dealkylation sites (tertiary alicyclic amines) is 1. The minimum atomic E-state index is -0.886. The van der Waals surface area contributed by atoms with Crippen molar-refractivity contribution in [2.24, 2.45) is 5.41 Å². The van der Waals surface area contributed by atoms with Gasteiger partial charge < -0.3 is 14.2 Å². The molecule has 1 saturated heterocycles. The predicted octanol–water partition coefficient (Wildman–Crippen LogP) is 1.88. The van der Waals surface area contributed by atoms with Gasteiger partial charge in [0.15, 0.2) is 0 Å². The molecule has 0 radical (unpaired) electrons. The number of nitrogens with zero attached hydrogens (tertiary/aromatic N) is 3. The van der Waals surface area contributed by atoms with Crippen LogP contribution in [0.3, 0.4) is 0 Å². The van der Waals surface area contributed by atoms with Gasteiger partial charge in [0.1, 0.15) is 11.2 Å². The van der Waals surface area contributed by atoms with Gasteiger partial charge in [-0.15, -0.1) is 0 Å². The van der Waals surface area contributed by atoms with Gasteiger partial charge in [0.2, 0.25) is 5.91 Å². The lowest BCUT2D eigenvalue weighted by atomic mass is 9.94. The zero-order valence-electron chi connectivity index (χ0n) is 14.3. The van der Waals surface area contributed by atoms with Crippen molar-refractivity contribution in [1.82, 2.24) is 14.5 Å². The number of carbonyl (C=O) groups is 2. The fourth-order valence-electron chi connectivity index (χ4n) is 4.29. The highest BCUT2D eigenvalue weighted by Crippen LogP contribution is 2.49. The number of carbonyl (C=O) groups excluding carboxylic acids is 2. The Bertz CT molecular complexity index is 662. The topological polar surface area (TPSA) is 64.4 Å². The largest absolute Gasteiger partial charge is 0.468 e. The molecule has 1 saturated carbocycles. The quantitative estimate of drug-likeness (QED) is 0.627. The van der Waals surface area contributed by atoms with E-state index in [1.807, 2.05) is 11.1 Å². The average Bonchev–Trinajstić information content (AvgIpc) is 3.33. The minimum absolute atomic E-state index is 0.0375. The number of ether oxygens (including phenoxy) is 1. The summed E-state index contributed by atoms with van der Waals surface area (Å²) in [6, 6.07) is 0. The van der Waals surface area contributed by atoms with Crippen LogP contribution in [0.4, 0.5) is 0 Å². The van der Waals surface area contributed by atoms with E-state index >= 15 is 0 Å². The molecular formula is C18H25N3O3. The number of aromatic nitrogens is 2. The van der Waals surface area contributed by atoms with Crippen molar-refractivity contribution >= 4 is 11.9 Å². The van der Waals surface area contributed by atoms with Crippen LogP contribution in [0.5, 0.6) is 0 Å². The zero-order valence-corrected chi connectivity index (χ0v) is 14.3. The van der Waals surface area contributed by atoms with Crippen molar-refractivity contribution in [2.45, 2.75) is 57.4 Å². The normalized spacial score (nSPS) is 25.0. The van der Waals surface area contributed by atoms with E-state index in [1.54, 1.807) is 0 Å². The van der Waals surface area contributed by atoms with Crippen LogP contribution in [0.15, 0.2) is 6.20 Å². The number of amides is 1. The highest BCUT2D eigenvalue weighted by molar-refractivity contribution is 6.05. The molecule has 0 aromatic carbocycles. The second-order valence-electron chi connectivity index (χ2n) is 7.38. The molecule has 2 fully saturated rings. The Hall–Kier alpha value is -1.85. The first-order chi connectivity index (χ1) is 11.7. The summed E-state index contributed by atoms with van der Waals surface area (Å²) in [7, 11) is 1.37. The van der Waals surface area contributed by atoms with Gasteiger partial charge in [-0.05, 0) is 44.9 Å². The van der Waals surface area contributed by atoms with Gasteiger partial charge in [0.25, 0.3) is 0 Å². The van der Waals surface area contributed by atoms with E-state index < -0.39 is 5.41 Å². The number of aryl methyl sites for hydroxylation is 1. The summed E-state index contributed by atoms with van der Waals surface area (Å²) in [4.78, 5) is 31.4. The first kappa shape index (κ1) is 15.7. The van der Waals surface area contributed by atoms with Crippen molar-refractivity contribution in [1.29, 1.82) is 0 Å². The van der Waals surface area contributed by atoms with Crippen molar-refractivity contribution in [3.63, 3.8) is 0 Å². The maximum Gasteiger partial charge on any atom is 0.321 e. The number of hydrogen-bond acceptors (Lipinski definition) is 4. The molecule has 130 valence electrons. The highest BCUT2D eigenvalue weighted by atomic mass is 16.5. The number of fused-ring (bicyclic) bond motifs is 1. The third-order valence-electron chi connectivity index (χ3n) is 5.84. The van der Waals surface area contributed by atoms with E-state index in [-0.39, 0.29) is 17.8 Å². The Kier molecular flexibility index (Phi) is 3.85. The second kappa shape index (κ2) is 5.90. The lowest BCUT2D eigenvalue weighted by molar-refractivity contribution is -0.156. The van der Waals surface area contributed by atoms with Crippen LogP contribution in [0.1, 0.15) is 56.0 Å². The van der Waals surface area contributed by atoms with Gasteiger partial charge in [0, 0.05) is 37.4 Å². The molecule has 2 aliphatic heterocycles. The van der Waals surface area contributed by atoms with E-state index in [2.05, 4.69) is 9.55 Å². The lowest BCUT2D eigenvalue weighted by Crippen LogP contribution is -2.46. The second-order valence-corrected chi connectivity index (χ2v) is 7.38. The van der Waals surface area contributed by atoms with Crippen molar-refractivity contribution in [3.8, 4) is 0 Å². The third-order valence-corrected chi connectivity index (χ3v) is 5.84. The van der Waals surface area contributed by atoms with Crippen LogP contribution in [0, 0.1) is 5.41 Å². The number of methoxy groups -OCH3 is 1. The fourth-order valence-corrected chi connectivity index (χ4v) is 4.29. The van der Waals surface area contributed by atoms with Crippen LogP contribution in [-0.4, -0.2) is 46.5 Å². The SMILES string of the molecule is COC(=O)C1(C(=O)N2CCCC(c3ncc4n3CCCC4)C2)CC1. The van der Waals surface area contributed by atoms with Gasteiger partial charge in [-0.3, -0.25) is 9.59 Å².